The van der Waals surface area contributed by atoms with E-state index in [2.05, 4.69) is 19.9 Å². The summed E-state index contributed by atoms with van der Waals surface area (Å²) < 4.78 is 5.78. The van der Waals surface area contributed by atoms with Crippen molar-refractivity contribution in [1.29, 1.82) is 0 Å². The summed E-state index contributed by atoms with van der Waals surface area (Å²) in [5, 5.41) is 0. The summed E-state index contributed by atoms with van der Waals surface area (Å²) >= 11 is 0. The summed E-state index contributed by atoms with van der Waals surface area (Å²) in [4.78, 5) is 11.3. The highest BCUT2D eigenvalue weighted by atomic mass is 16.5. The summed E-state index contributed by atoms with van der Waals surface area (Å²) in [5.41, 5.74) is -0.264. The van der Waals surface area contributed by atoms with Gasteiger partial charge in [-0.05, 0) is 5.92 Å². The fourth-order valence-corrected chi connectivity index (χ4v) is 1.98. The van der Waals surface area contributed by atoms with Crippen molar-refractivity contribution in [3.63, 3.8) is 0 Å². The van der Waals surface area contributed by atoms with Crippen LogP contribution in [0.1, 0.15) is 26.7 Å². The summed E-state index contributed by atoms with van der Waals surface area (Å²) in [6.07, 6.45) is 5.31. The minimum absolute atomic E-state index is 0.0636. The molecule has 2 aliphatic rings. The van der Waals surface area contributed by atoms with E-state index in [1.807, 2.05) is 6.08 Å². The highest BCUT2D eigenvalue weighted by Crippen LogP contribution is 2.39. The van der Waals surface area contributed by atoms with E-state index in [0.717, 1.165) is 0 Å². The Bertz CT molecular complexity index is 242. The lowest BCUT2D eigenvalue weighted by Gasteiger charge is -2.35. The fourth-order valence-electron chi connectivity index (χ4n) is 1.98. The number of hydrogen-bond acceptors (Lipinski definition) is 2. The van der Waals surface area contributed by atoms with E-state index in [1.54, 1.807) is 0 Å². The van der Waals surface area contributed by atoms with Crippen molar-refractivity contribution in [2.75, 3.05) is 0 Å². The molecule has 2 heterocycles. The van der Waals surface area contributed by atoms with Gasteiger partial charge in [-0.2, -0.15) is 0 Å². The number of fused-ring (bicyclic) bond motifs is 2. The number of carbonyl (C=O) groups excluding carboxylic acids is 1. The lowest BCUT2D eigenvalue weighted by atomic mass is 9.85. The Kier molecular flexibility index (Phi) is 1.62. The molecule has 2 rings (SSSR count). The Labute approximate surface area is 72.6 Å². The van der Waals surface area contributed by atoms with Crippen LogP contribution < -0.4 is 0 Å². The maximum Gasteiger partial charge on any atom is 0.139 e. The molecule has 1 saturated heterocycles. The molecule has 0 aliphatic carbocycles. The Morgan fingerprint density at radius 3 is 3.08 bits per heavy atom. The Hall–Kier alpha value is -0.630. The quantitative estimate of drug-likeness (QED) is 0.554. The molecule has 2 heteroatoms. The van der Waals surface area contributed by atoms with Crippen LogP contribution in [0.15, 0.2) is 12.2 Å². The van der Waals surface area contributed by atoms with E-state index < -0.39 is 0 Å². The molecule has 0 spiro atoms. The van der Waals surface area contributed by atoms with Crippen molar-refractivity contribution in [2.45, 2.75) is 38.4 Å². The Morgan fingerprint density at radius 1 is 1.67 bits per heavy atom. The SMILES string of the molecule is CC(C)[C@@]12C=C[C@@H](CC(=O)C1)O2. The molecule has 66 valence electrons. The van der Waals surface area contributed by atoms with Crippen molar-refractivity contribution in [1.82, 2.24) is 0 Å². The molecule has 0 N–H and O–H groups in total. The predicted molar refractivity (Wildman–Crippen MR) is 45.8 cm³/mol. The zero-order valence-corrected chi connectivity index (χ0v) is 7.54. The number of ether oxygens (including phenoxy) is 1. The molecule has 0 radical (unpaired) electrons. The van der Waals surface area contributed by atoms with Gasteiger partial charge in [0.05, 0.1) is 11.7 Å². The summed E-state index contributed by atoms with van der Waals surface area (Å²) in [7, 11) is 0. The van der Waals surface area contributed by atoms with Gasteiger partial charge in [-0.25, -0.2) is 0 Å². The molecule has 12 heavy (non-hydrogen) atoms. The lowest BCUT2D eigenvalue weighted by Crippen LogP contribution is -2.42. The first kappa shape index (κ1) is 7.99. The van der Waals surface area contributed by atoms with Gasteiger partial charge in [-0.1, -0.05) is 26.0 Å². The van der Waals surface area contributed by atoms with E-state index in [1.165, 1.54) is 0 Å². The standard InChI is InChI=1S/C10H14O2/c1-7(2)10-4-3-9(12-10)5-8(11)6-10/h3-4,7,9H,5-6H2,1-2H3/t9-,10+/m0/s1. The maximum absolute atomic E-state index is 11.3. The highest BCUT2D eigenvalue weighted by Gasteiger charge is 2.44. The van der Waals surface area contributed by atoms with Gasteiger partial charge in [-0.15, -0.1) is 0 Å². The van der Waals surface area contributed by atoms with Gasteiger partial charge >= 0.3 is 0 Å². The normalized spacial score (nSPS) is 39.6. The third-order valence-electron chi connectivity index (χ3n) is 2.84. The molecule has 2 nitrogen and oxygen atoms in total. The van der Waals surface area contributed by atoms with Crippen LogP contribution in [0.2, 0.25) is 0 Å². The van der Waals surface area contributed by atoms with Gasteiger partial charge in [0.25, 0.3) is 0 Å². The van der Waals surface area contributed by atoms with Gasteiger partial charge in [0.2, 0.25) is 0 Å². The first-order valence-corrected chi connectivity index (χ1v) is 4.51. The molecule has 0 aromatic rings. The van der Waals surface area contributed by atoms with E-state index >= 15 is 0 Å². The molecule has 1 fully saturated rings. The molecule has 2 atom stereocenters. The van der Waals surface area contributed by atoms with E-state index in [-0.39, 0.29) is 11.7 Å². The molecular weight excluding hydrogens is 152 g/mol. The summed E-state index contributed by atoms with van der Waals surface area (Å²) in [6, 6.07) is 0. The van der Waals surface area contributed by atoms with Gasteiger partial charge < -0.3 is 4.74 Å². The number of ketones is 1. The smallest absolute Gasteiger partial charge is 0.139 e. The molecule has 0 unspecified atom stereocenters. The molecule has 2 aliphatic heterocycles. The second-order valence-corrected chi connectivity index (χ2v) is 4.04. The van der Waals surface area contributed by atoms with E-state index in [4.69, 9.17) is 4.74 Å². The first-order valence-electron chi connectivity index (χ1n) is 4.51. The summed E-state index contributed by atoms with van der Waals surface area (Å²) in [6.45, 7) is 4.20. The van der Waals surface area contributed by atoms with Crippen LogP contribution in [0.4, 0.5) is 0 Å². The Balaban J connectivity index is 2.27. The van der Waals surface area contributed by atoms with Gasteiger partial charge in [-0.3, -0.25) is 4.79 Å². The van der Waals surface area contributed by atoms with Crippen molar-refractivity contribution < 1.29 is 9.53 Å². The molecule has 0 aromatic carbocycles. The Morgan fingerprint density at radius 2 is 2.42 bits per heavy atom. The first-order chi connectivity index (χ1) is 5.62. The van der Waals surface area contributed by atoms with Crippen molar-refractivity contribution in [3.8, 4) is 0 Å². The minimum atomic E-state index is -0.264. The van der Waals surface area contributed by atoms with Crippen molar-refractivity contribution in [3.05, 3.63) is 12.2 Å². The fraction of sp³-hybridized carbons (Fsp3) is 0.700. The predicted octanol–water partition coefficient (Wildman–Crippen LogP) is 1.70. The molecule has 0 saturated carbocycles. The lowest BCUT2D eigenvalue weighted by molar-refractivity contribution is -0.142. The topological polar surface area (TPSA) is 26.3 Å². The van der Waals surface area contributed by atoms with E-state index in [0.29, 0.717) is 24.5 Å². The average Bonchev–Trinajstić information content (AvgIpc) is 2.28. The highest BCUT2D eigenvalue weighted by molar-refractivity contribution is 5.82. The van der Waals surface area contributed by atoms with Crippen LogP contribution in [0.5, 0.6) is 0 Å². The van der Waals surface area contributed by atoms with Gasteiger partial charge in [0, 0.05) is 12.8 Å². The maximum atomic E-state index is 11.3. The third kappa shape index (κ3) is 1.02. The van der Waals surface area contributed by atoms with Crippen LogP contribution in [0.3, 0.4) is 0 Å². The number of Topliss-reactive ketones (excluding diaryl/α,β-unsaturated/α-hetero) is 1. The monoisotopic (exact) mass is 166 g/mol. The molecular formula is C10H14O2. The number of hydrogen-bond donors (Lipinski definition) is 0. The molecule has 2 bridgehead atoms. The number of carbonyl (C=O) groups is 1. The second kappa shape index (κ2) is 2.43. The van der Waals surface area contributed by atoms with E-state index in [9.17, 15) is 4.79 Å². The zero-order valence-electron chi connectivity index (χ0n) is 7.54. The van der Waals surface area contributed by atoms with Crippen LogP contribution in [-0.2, 0) is 9.53 Å². The molecule has 0 aromatic heterocycles. The van der Waals surface area contributed by atoms with Crippen molar-refractivity contribution in [2.24, 2.45) is 5.92 Å². The minimum Gasteiger partial charge on any atom is -0.362 e. The largest absolute Gasteiger partial charge is 0.362 e. The van der Waals surface area contributed by atoms with Crippen LogP contribution in [-0.4, -0.2) is 17.5 Å². The van der Waals surface area contributed by atoms with Gasteiger partial charge in [0.15, 0.2) is 0 Å². The number of rotatable bonds is 1. The van der Waals surface area contributed by atoms with Crippen molar-refractivity contribution >= 4 is 5.78 Å². The molecule has 0 amide bonds. The third-order valence-corrected chi connectivity index (χ3v) is 2.84. The van der Waals surface area contributed by atoms with Crippen LogP contribution in [0, 0.1) is 5.92 Å². The second-order valence-electron chi connectivity index (χ2n) is 4.04. The summed E-state index contributed by atoms with van der Waals surface area (Å²) in [5.74, 6) is 0.730. The van der Waals surface area contributed by atoms with Gasteiger partial charge in [0.1, 0.15) is 5.78 Å². The zero-order chi connectivity index (χ0) is 8.77. The average molecular weight is 166 g/mol. The van der Waals surface area contributed by atoms with Crippen LogP contribution in [0.25, 0.3) is 0 Å². The van der Waals surface area contributed by atoms with Crippen LogP contribution >= 0.6 is 0 Å².